The van der Waals surface area contributed by atoms with Gasteiger partial charge in [0.1, 0.15) is 6.04 Å². The molecule has 1 unspecified atom stereocenters. The van der Waals surface area contributed by atoms with Gasteiger partial charge in [0.25, 0.3) is 0 Å². The van der Waals surface area contributed by atoms with Crippen molar-refractivity contribution in [3.05, 3.63) is 16.6 Å². The van der Waals surface area contributed by atoms with Gasteiger partial charge in [0, 0.05) is 17.5 Å². The van der Waals surface area contributed by atoms with E-state index in [4.69, 9.17) is 11.5 Å². The van der Waals surface area contributed by atoms with Crippen LogP contribution in [0.5, 0.6) is 0 Å². The average molecular weight is 253 g/mol. The maximum absolute atomic E-state index is 11.4. The molecular formula is C10H11N3O3S. The summed E-state index contributed by atoms with van der Waals surface area (Å²) in [4.78, 5) is 26.8. The number of carboxylic acid groups (broad SMARTS) is 1. The first-order valence-corrected chi connectivity index (χ1v) is 5.59. The van der Waals surface area contributed by atoms with Crippen LogP contribution < -0.4 is 10.6 Å². The topological polar surface area (TPSA) is 91.3 Å². The lowest BCUT2D eigenvalue weighted by atomic mass is 10.2. The van der Waals surface area contributed by atoms with Crippen LogP contribution in [-0.4, -0.2) is 28.1 Å². The van der Waals surface area contributed by atoms with Gasteiger partial charge < -0.3 is 15.7 Å². The number of amides is 2. The molecule has 3 N–H and O–H groups in total. The Morgan fingerprint density at radius 3 is 2.94 bits per heavy atom. The van der Waals surface area contributed by atoms with Gasteiger partial charge in [-0.25, -0.2) is 9.59 Å². The smallest absolute Gasteiger partial charge is 0.327 e. The van der Waals surface area contributed by atoms with Crippen molar-refractivity contribution >= 4 is 23.3 Å². The first-order chi connectivity index (χ1) is 8.13. The lowest BCUT2D eigenvalue weighted by molar-refractivity contribution is -0.139. The molecule has 0 fully saturated rings. The van der Waals surface area contributed by atoms with E-state index in [1.54, 1.807) is 11.7 Å². The third-order valence-corrected chi connectivity index (χ3v) is 2.61. The van der Waals surface area contributed by atoms with Crippen LogP contribution >= 0.6 is 11.3 Å². The van der Waals surface area contributed by atoms with Crippen molar-refractivity contribution in [3.8, 4) is 12.3 Å². The van der Waals surface area contributed by atoms with Gasteiger partial charge in [-0.1, -0.05) is 0 Å². The number of nitrogens with one attached hydrogen (secondary N) is 2. The monoisotopic (exact) mass is 253 g/mol. The van der Waals surface area contributed by atoms with Crippen molar-refractivity contribution in [2.45, 2.75) is 19.0 Å². The fourth-order valence-corrected chi connectivity index (χ4v) is 1.56. The highest BCUT2D eigenvalue weighted by Gasteiger charge is 2.18. The second kappa shape index (κ2) is 6.50. The number of hydrogen-bond acceptors (Lipinski definition) is 4. The van der Waals surface area contributed by atoms with Gasteiger partial charge in [-0.05, 0) is 0 Å². The van der Waals surface area contributed by atoms with Crippen LogP contribution in [0.1, 0.15) is 11.3 Å². The van der Waals surface area contributed by atoms with Crippen molar-refractivity contribution < 1.29 is 14.7 Å². The van der Waals surface area contributed by atoms with E-state index >= 15 is 0 Å². The van der Waals surface area contributed by atoms with E-state index in [9.17, 15) is 9.59 Å². The Balaban J connectivity index is 2.37. The van der Waals surface area contributed by atoms with Gasteiger partial charge in [0.2, 0.25) is 0 Å². The van der Waals surface area contributed by atoms with Gasteiger partial charge in [0.05, 0.1) is 12.1 Å². The fourth-order valence-electron chi connectivity index (χ4n) is 1.02. The highest BCUT2D eigenvalue weighted by Crippen LogP contribution is 2.03. The normalized spacial score (nSPS) is 11.2. The number of carbonyl (C=O) groups excluding carboxylic acids is 1. The zero-order valence-electron chi connectivity index (χ0n) is 8.84. The van der Waals surface area contributed by atoms with E-state index < -0.39 is 18.0 Å². The van der Waals surface area contributed by atoms with Crippen molar-refractivity contribution in [2.24, 2.45) is 0 Å². The minimum absolute atomic E-state index is 0.0523. The van der Waals surface area contributed by atoms with E-state index in [0.29, 0.717) is 6.54 Å². The molecule has 1 atom stereocenters. The molecule has 1 aromatic heterocycles. The summed E-state index contributed by atoms with van der Waals surface area (Å²) in [5.74, 6) is 1.04. The van der Waals surface area contributed by atoms with Crippen molar-refractivity contribution in [1.82, 2.24) is 15.6 Å². The van der Waals surface area contributed by atoms with E-state index in [1.807, 2.05) is 0 Å². The first kappa shape index (κ1) is 13.0. The molecule has 0 saturated heterocycles. The van der Waals surface area contributed by atoms with Gasteiger partial charge in [-0.15, -0.1) is 23.7 Å². The van der Waals surface area contributed by atoms with E-state index in [1.165, 1.54) is 11.3 Å². The molecule has 7 heteroatoms. The fraction of sp³-hybridized carbons (Fsp3) is 0.300. The Hall–Kier alpha value is -2.07. The van der Waals surface area contributed by atoms with Crippen LogP contribution in [0, 0.1) is 12.3 Å². The van der Waals surface area contributed by atoms with Crippen LogP contribution in [0.2, 0.25) is 0 Å². The summed E-state index contributed by atoms with van der Waals surface area (Å²) in [6.45, 7) is 0.304. The Morgan fingerprint density at radius 1 is 1.65 bits per heavy atom. The molecule has 0 aliphatic carbocycles. The molecule has 0 saturated carbocycles. The standard InChI is InChI=1S/C10H11N3O3S/c1-2-3-8(9(14)15)13-10(16)12-5-7-4-11-6-17-7/h1,4,6,8H,3,5H2,(H,14,15)(H2,12,13,16). The largest absolute Gasteiger partial charge is 0.480 e. The van der Waals surface area contributed by atoms with Crippen LogP contribution in [0.15, 0.2) is 11.7 Å². The molecular weight excluding hydrogens is 242 g/mol. The van der Waals surface area contributed by atoms with Crippen molar-refractivity contribution in [3.63, 3.8) is 0 Å². The number of terminal acetylenes is 1. The van der Waals surface area contributed by atoms with Gasteiger partial charge in [-0.3, -0.25) is 4.98 Å². The molecule has 0 radical (unpaired) electrons. The molecule has 0 bridgehead atoms. The average Bonchev–Trinajstić information content (AvgIpc) is 2.78. The summed E-state index contributed by atoms with van der Waals surface area (Å²) in [7, 11) is 0. The number of aromatic nitrogens is 1. The Labute approximate surface area is 102 Å². The number of hydrogen-bond donors (Lipinski definition) is 3. The van der Waals surface area contributed by atoms with Crippen LogP contribution in [-0.2, 0) is 11.3 Å². The Morgan fingerprint density at radius 2 is 2.41 bits per heavy atom. The highest BCUT2D eigenvalue weighted by atomic mass is 32.1. The number of thiazole rings is 1. The lowest BCUT2D eigenvalue weighted by Gasteiger charge is -2.12. The quantitative estimate of drug-likeness (QED) is 0.663. The van der Waals surface area contributed by atoms with Crippen molar-refractivity contribution in [2.75, 3.05) is 0 Å². The van der Waals surface area contributed by atoms with Crippen LogP contribution in [0.4, 0.5) is 4.79 Å². The molecule has 0 aliphatic rings. The summed E-state index contributed by atoms with van der Waals surface area (Å²) in [5.41, 5.74) is 1.65. The number of nitrogens with zero attached hydrogens (tertiary/aromatic N) is 1. The Bertz CT molecular complexity index is 425. The summed E-state index contributed by atoms with van der Waals surface area (Å²) >= 11 is 1.40. The number of aliphatic carboxylic acids is 1. The van der Waals surface area contributed by atoms with Gasteiger partial charge in [-0.2, -0.15) is 0 Å². The number of carboxylic acids is 1. The molecule has 0 aliphatic heterocycles. The predicted molar refractivity (Wildman–Crippen MR) is 62.4 cm³/mol. The van der Waals surface area contributed by atoms with E-state index in [-0.39, 0.29) is 6.42 Å². The summed E-state index contributed by atoms with van der Waals surface area (Å²) < 4.78 is 0. The first-order valence-electron chi connectivity index (χ1n) is 4.71. The lowest BCUT2D eigenvalue weighted by Crippen LogP contribution is -2.45. The highest BCUT2D eigenvalue weighted by molar-refractivity contribution is 7.09. The zero-order chi connectivity index (χ0) is 12.7. The molecule has 90 valence electrons. The molecule has 1 aromatic rings. The van der Waals surface area contributed by atoms with Gasteiger partial charge >= 0.3 is 12.0 Å². The van der Waals surface area contributed by atoms with Gasteiger partial charge in [0.15, 0.2) is 0 Å². The third-order valence-electron chi connectivity index (χ3n) is 1.83. The molecule has 0 spiro atoms. The molecule has 0 aromatic carbocycles. The van der Waals surface area contributed by atoms with E-state index in [2.05, 4.69) is 21.5 Å². The number of urea groups is 1. The Kier molecular flexibility index (Phi) is 4.97. The molecule has 17 heavy (non-hydrogen) atoms. The third kappa shape index (κ3) is 4.53. The molecule has 6 nitrogen and oxygen atoms in total. The molecule has 1 rings (SSSR count). The molecule has 2 amide bonds. The minimum Gasteiger partial charge on any atom is -0.480 e. The van der Waals surface area contributed by atoms with E-state index in [0.717, 1.165) is 4.88 Å². The second-order valence-electron chi connectivity index (χ2n) is 3.09. The summed E-state index contributed by atoms with van der Waals surface area (Å²) in [6, 6.07) is -1.64. The maximum Gasteiger partial charge on any atom is 0.327 e. The summed E-state index contributed by atoms with van der Waals surface area (Å²) in [5, 5.41) is 13.5. The van der Waals surface area contributed by atoms with Crippen LogP contribution in [0.3, 0.4) is 0 Å². The summed E-state index contributed by atoms with van der Waals surface area (Å²) in [6.07, 6.45) is 6.58. The van der Waals surface area contributed by atoms with Crippen molar-refractivity contribution in [1.29, 1.82) is 0 Å². The zero-order valence-corrected chi connectivity index (χ0v) is 9.66. The molecule has 1 heterocycles. The van der Waals surface area contributed by atoms with Crippen LogP contribution in [0.25, 0.3) is 0 Å². The second-order valence-corrected chi connectivity index (χ2v) is 4.06. The number of carbonyl (C=O) groups is 2. The predicted octanol–water partition coefficient (Wildman–Crippen LogP) is 0.419. The minimum atomic E-state index is -1.16. The number of rotatable bonds is 5. The maximum atomic E-state index is 11.4. The SMILES string of the molecule is C#CCC(NC(=O)NCc1cncs1)C(=O)O.